The summed E-state index contributed by atoms with van der Waals surface area (Å²) in [4.78, 5) is 8.46. The molecular formula is C14H17N3. The molecule has 0 amide bonds. The van der Waals surface area contributed by atoms with Gasteiger partial charge in [-0.25, -0.2) is 0 Å². The lowest BCUT2D eigenvalue weighted by Gasteiger charge is -2.11. The molecule has 2 aromatic rings. The van der Waals surface area contributed by atoms with Gasteiger partial charge in [-0.05, 0) is 5.56 Å². The van der Waals surface area contributed by atoms with Crippen LogP contribution in [-0.4, -0.2) is 16.0 Å². The Labute approximate surface area is 102 Å². The highest BCUT2D eigenvalue weighted by molar-refractivity contribution is 5.62. The van der Waals surface area contributed by atoms with Crippen LogP contribution in [0, 0.1) is 0 Å². The maximum Gasteiger partial charge on any atom is 0.0888 e. The van der Waals surface area contributed by atoms with Crippen LogP contribution >= 0.6 is 0 Å². The second kappa shape index (κ2) is 5.55. The third kappa shape index (κ3) is 3.11. The van der Waals surface area contributed by atoms with Gasteiger partial charge in [-0.1, -0.05) is 38.1 Å². The number of nitrogens with zero attached hydrogens (tertiary/aromatic N) is 2. The van der Waals surface area contributed by atoms with E-state index in [1.54, 1.807) is 18.6 Å². The van der Waals surface area contributed by atoms with Crippen LogP contribution in [0.4, 0.5) is 0 Å². The van der Waals surface area contributed by atoms with E-state index in [1.807, 2.05) is 6.07 Å². The standard InChI is InChI=1S/C14H17N3/c1-11(2)17-9-12-5-3-4-6-13(12)14-10-15-7-8-16-14/h3-8,10-11,17H,9H2,1-2H3. The van der Waals surface area contributed by atoms with E-state index in [9.17, 15) is 0 Å². The first-order chi connectivity index (χ1) is 8.27. The highest BCUT2D eigenvalue weighted by atomic mass is 14.9. The molecule has 0 aliphatic carbocycles. The minimum Gasteiger partial charge on any atom is -0.310 e. The van der Waals surface area contributed by atoms with Crippen molar-refractivity contribution in [2.24, 2.45) is 0 Å². The minimum absolute atomic E-state index is 0.477. The molecule has 3 nitrogen and oxygen atoms in total. The van der Waals surface area contributed by atoms with Gasteiger partial charge in [0.1, 0.15) is 0 Å². The maximum atomic E-state index is 4.35. The van der Waals surface area contributed by atoms with Gasteiger partial charge in [-0.2, -0.15) is 0 Å². The first kappa shape index (κ1) is 11.7. The quantitative estimate of drug-likeness (QED) is 0.872. The molecule has 0 bridgehead atoms. The second-order valence-electron chi connectivity index (χ2n) is 4.28. The van der Waals surface area contributed by atoms with E-state index in [0.717, 1.165) is 17.8 Å². The molecule has 0 aliphatic heterocycles. The Bertz CT molecular complexity index is 466. The van der Waals surface area contributed by atoms with Gasteiger partial charge in [0, 0.05) is 30.5 Å². The van der Waals surface area contributed by atoms with Gasteiger partial charge in [0.2, 0.25) is 0 Å². The molecule has 1 aromatic carbocycles. The molecule has 0 radical (unpaired) electrons. The van der Waals surface area contributed by atoms with Crippen LogP contribution in [-0.2, 0) is 6.54 Å². The van der Waals surface area contributed by atoms with E-state index in [0.29, 0.717) is 6.04 Å². The molecule has 0 unspecified atom stereocenters. The molecular weight excluding hydrogens is 210 g/mol. The summed E-state index contributed by atoms with van der Waals surface area (Å²) in [6.45, 7) is 5.14. The summed E-state index contributed by atoms with van der Waals surface area (Å²) in [5.74, 6) is 0. The van der Waals surface area contributed by atoms with Crippen molar-refractivity contribution in [3.8, 4) is 11.3 Å². The van der Waals surface area contributed by atoms with Gasteiger partial charge in [0.15, 0.2) is 0 Å². The fourth-order valence-corrected chi connectivity index (χ4v) is 1.68. The van der Waals surface area contributed by atoms with Crippen molar-refractivity contribution in [2.75, 3.05) is 0 Å². The van der Waals surface area contributed by atoms with Gasteiger partial charge in [-0.15, -0.1) is 0 Å². The Hall–Kier alpha value is -1.74. The predicted molar refractivity (Wildman–Crippen MR) is 69.4 cm³/mol. The van der Waals surface area contributed by atoms with E-state index in [4.69, 9.17) is 0 Å². The van der Waals surface area contributed by atoms with E-state index in [1.165, 1.54) is 5.56 Å². The number of benzene rings is 1. The van der Waals surface area contributed by atoms with Crippen molar-refractivity contribution in [3.63, 3.8) is 0 Å². The third-order valence-electron chi connectivity index (χ3n) is 2.56. The molecule has 0 aliphatic rings. The Balaban J connectivity index is 2.28. The molecule has 0 saturated heterocycles. The van der Waals surface area contributed by atoms with Crippen molar-refractivity contribution in [1.29, 1.82) is 0 Å². The molecule has 3 heteroatoms. The first-order valence-electron chi connectivity index (χ1n) is 5.85. The fourth-order valence-electron chi connectivity index (χ4n) is 1.68. The lowest BCUT2D eigenvalue weighted by Crippen LogP contribution is -2.22. The molecule has 17 heavy (non-hydrogen) atoms. The van der Waals surface area contributed by atoms with Gasteiger partial charge >= 0.3 is 0 Å². The average molecular weight is 227 g/mol. The van der Waals surface area contributed by atoms with Crippen LogP contribution in [0.1, 0.15) is 19.4 Å². The topological polar surface area (TPSA) is 37.8 Å². The number of aromatic nitrogens is 2. The summed E-state index contributed by atoms with van der Waals surface area (Å²) in [6.07, 6.45) is 5.22. The Morgan fingerprint density at radius 3 is 2.71 bits per heavy atom. The van der Waals surface area contributed by atoms with Crippen LogP contribution in [0.3, 0.4) is 0 Å². The zero-order chi connectivity index (χ0) is 12.1. The SMILES string of the molecule is CC(C)NCc1ccccc1-c1cnccn1. The second-order valence-corrected chi connectivity index (χ2v) is 4.28. The van der Waals surface area contributed by atoms with E-state index < -0.39 is 0 Å². The Morgan fingerprint density at radius 1 is 1.18 bits per heavy atom. The van der Waals surface area contributed by atoms with Crippen LogP contribution in [0.5, 0.6) is 0 Å². The highest BCUT2D eigenvalue weighted by Crippen LogP contribution is 2.20. The van der Waals surface area contributed by atoms with Crippen LogP contribution in [0.2, 0.25) is 0 Å². The summed E-state index contributed by atoms with van der Waals surface area (Å²) in [7, 11) is 0. The van der Waals surface area contributed by atoms with Crippen molar-refractivity contribution < 1.29 is 0 Å². The van der Waals surface area contributed by atoms with Crippen LogP contribution in [0.25, 0.3) is 11.3 Å². The summed E-state index contributed by atoms with van der Waals surface area (Å²) in [6, 6.07) is 8.77. The maximum absolute atomic E-state index is 4.35. The molecule has 1 N–H and O–H groups in total. The smallest absolute Gasteiger partial charge is 0.0888 e. The zero-order valence-electron chi connectivity index (χ0n) is 10.2. The predicted octanol–water partition coefficient (Wildman–Crippen LogP) is 2.64. The zero-order valence-corrected chi connectivity index (χ0v) is 10.2. The normalized spacial score (nSPS) is 10.8. The summed E-state index contributed by atoms with van der Waals surface area (Å²) in [5.41, 5.74) is 3.32. The molecule has 2 rings (SSSR count). The van der Waals surface area contributed by atoms with E-state index in [2.05, 4.69) is 47.3 Å². The lowest BCUT2D eigenvalue weighted by atomic mass is 10.0. The van der Waals surface area contributed by atoms with E-state index in [-0.39, 0.29) is 0 Å². The summed E-state index contributed by atoms with van der Waals surface area (Å²) >= 11 is 0. The molecule has 0 atom stereocenters. The van der Waals surface area contributed by atoms with Crippen molar-refractivity contribution in [2.45, 2.75) is 26.4 Å². The van der Waals surface area contributed by atoms with Crippen molar-refractivity contribution in [1.82, 2.24) is 15.3 Å². The van der Waals surface area contributed by atoms with Crippen LogP contribution < -0.4 is 5.32 Å². The average Bonchev–Trinajstić information content (AvgIpc) is 2.38. The summed E-state index contributed by atoms with van der Waals surface area (Å²) < 4.78 is 0. The Morgan fingerprint density at radius 2 is 2.00 bits per heavy atom. The fraction of sp³-hybridized carbons (Fsp3) is 0.286. The van der Waals surface area contributed by atoms with Crippen molar-refractivity contribution in [3.05, 3.63) is 48.4 Å². The highest BCUT2D eigenvalue weighted by Gasteiger charge is 2.05. The monoisotopic (exact) mass is 227 g/mol. The largest absolute Gasteiger partial charge is 0.310 e. The Kier molecular flexibility index (Phi) is 3.83. The number of rotatable bonds is 4. The van der Waals surface area contributed by atoms with Gasteiger partial charge in [0.05, 0.1) is 11.9 Å². The van der Waals surface area contributed by atoms with Gasteiger partial charge in [-0.3, -0.25) is 9.97 Å². The number of hydrogen-bond acceptors (Lipinski definition) is 3. The van der Waals surface area contributed by atoms with E-state index >= 15 is 0 Å². The van der Waals surface area contributed by atoms with Gasteiger partial charge < -0.3 is 5.32 Å². The van der Waals surface area contributed by atoms with Crippen LogP contribution in [0.15, 0.2) is 42.9 Å². The molecule has 0 fully saturated rings. The van der Waals surface area contributed by atoms with Crippen molar-refractivity contribution >= 4 is 0 Å². The molecule has 0 spiro atoms. The molecule has 0 saturated carbocycles. The first-order valence-corrected chi connectivity index (χ1v) is 5.85. The molecule has 1 heterocycles. The number of nitrogens with one attached hydrogen (secondary N) is 1. The molecule has 1 aromatic heterocycles. The minimum atomic E-state index is 0.477. The lowest BCUT2D eigenvalue weighted by molar-refractivity contribution is 0.589. The summed E-state index contributed by atoms with van der Waals surface area (Å²) in [5, 5.41) is 3.42. The van der Waals surface area contributed by atoms with Gasteiger partial charge in [0.25, 0.3) is 0 Å². The third-order valence-corrected chi connectivity index (χ3v) is 2.56. The number of hydrogen-bond donors (Lipinski definition) is 1. The molecule has 88 valence electrons.